The third-order valence-corrected chi connectivity index (χ3v) is 5.74. The Hall–Kier alpha value is -1.73. The molecule has 126 valence electrons. The molecule has 1 aromatic rings. The van der Waals surface area contributed by atoms with E-state index in [1.807, 2.05) is 30.5 Å². The number of ether oxygens (including phenoxy) is 1. The number of carbonyl (C=O) groups excluding carboxylic acids is 2. The van der Waals surface area contributed by atoms with Crippen molar-refractivity contribution in [3.8, 4) is 0 Å². The Bertz CT molecular complexity index is 741. The van der Waals surface area contributed by atoms with Crippen LogP contribution in [0, 0.1) is 0 Å². The lowest BCUT2D eigenvalue weighted by Crippen LogP contribution is -2.45. The van der Waals surface area contributed by atoms with Gasteiger partial charge >= 0.3 is 5.97 Å². The Balaban J connectivity index is 2.13. The van der Waals surface area contributed by atoms with Crippen LogP contribution < -0.4 is 0 Å². The molecule has 1 atom stereocenters. The predicted octanol–water partition coefficient (Wildman–Crippen LogP) is 3.23. The van der Waals surface area contributed by atoms with E-state index in [1.165, 1.54) is 7.11 Å². The lowest BCUT2D eigenvalue weighted by molar-refractivity contribution is -0.137. The first-order valence-electron chi connectivity index (χ1n) is 7.53. The summed E-state index contributed by atoms with van der Waals surface area (Å²) in [7, 11) is 1.35. The van der Waals surface area contributed by atoms with E-state index in [0.717, 1.165) is 10.5 Å². The molecule has 0 bridgehead atoms. The minimum atomic E-state index is -0.485. The maximum atomic E-state index is 12.6. The van der Waals surface area contributed by atoms with Crippen molar-refractivity contribution >= 4 is 40.6 Å². The number of nitrogens with zero attached hydrogens (tertiary/aromatic N) is 2. The van der Waals surface area contributed by atoms with Gasteiger partial charge in [-0.2, -0.15) is 0 Å². The zero-order chi connectivity index (χ0) is 17.3. The first-order valence-corrected chi connectivity index (χ1v) is 9.74. The van der Waals surface area contributed by atoms with Gasteiger partial charge in [-0.1, -0.05) is 23.9 Å². The first-order chi connectivity index (χ1) is 11.6. The minimum Gasteiger partial charge on any atom is -0.466 e. The Labute approximate surface area is 149 Å². The van der Waals surface area contributed by atoms with Crippen LogP contribution in [0.15, 0.2) is 45.4 Å². The lowest BCUT2D eigenvalue weighted by Gasteiger charge is -2.38. The van der Waals surface area contributed by atoms with Crippen molar-refractivity contribution in [2.24, 2.45) is 4.99 Å². The molecule has 2 aliphatic heterocycles. The Kier molecular flexibility index (Phi) is 5.01. The van der Waals surface area contributed by atoms with Crippen LogP contribution in [-0.4, -0.2) is 41.1 Å². The van der Waals surface area contributed by atoms with Gasteiger partial charge in [-0.25, -0.2) is 9.79 Å². The molecule has 2 aliphatic rings. The Morgan fingerprint density at radius 2 is 2.08 bits per heavy atom. The van der Waals surface area contributed by atoms with Crippen molar-refractivity contribution in [2.75, 3.05) is 19.1 Å². The summed E-state index contributed by atoms with van der Waals surface area (Å²) in [6, 6.07) is 7.43. The molecule has 1 aromatic carbocycles. The molecular weight excluding hydrogens is 344 g/mol. The highest BCUT2D eigenvalue weighted by Gasteiger charge is 2.41. The third kappa shape index (κ3) is 2.98. The van der Waals surface area contributed by atoms with Crippen LogP contribution in [0.3, 0.4) is 0 Å². The van der Waals surface area contributed by atoms with Gasteiger partial charge in [0.15, 0.2) is 5.17 Å². The van der Waals surface area contributed by atoms with Crippen LogP contribution in [0.1, 0.15) is 24.9 Å². The van der Waals surface area contributed by atoms with Crippen molar-refractivity contribution in [3.63, 3.8) is 0 Å². The van der Waals surface area contributed by atoms with Crippen LogP contribution in [0.2, 0.25) is 0 Å². The Morgan fingerprint density at radius 1 is 1.38 bits per heavy atom. The molecule has 0 aromatic heterocycles. The van der Waals surface area contributed by atoms with E-state index in [0.29, 0.717) is 28.6 Å². The van der Waals surface area contributed by atoms with Crippen LogP contribution >= 0.6 is 23.5 Å². The summed E-state index contributed by atoms with van der Waals surface area (Å²) in [4.78, 5) is 32.2. The highest BCUT2D eigenvalue weighted by Crippen LogP contribution is 2.40. The van der Waals surface area contributed by atoms with E-state index in [2.05, 4.69) is 4.99 Å². The lowest BCUT2D eigenvalue weighted by atomic mass is 9.94. The third-order valence-electron chi connectivity index (χ3n) is 4.04. The molecule has 5 nitrogen and oxygen atoms in total. The molecule has 1 unspecified atom stereocenters. The van der Waals surface area contributed by atoms with E-state index >= 15 is 0 Å². The van der Waals surface area contributed by atoms with Gasteiger partial charge in [0, 0.05) is 17.1 Å². The molecule has 1 amide bonds. The summed E-state index contributed by atoms with van der Waals surface area (Å²) in [5, 5.41) is 0.662. The molecule has 24 heavy (non-hydrogen) atoms. The van der Waals surface area contributed by atoms with E-state index in [1.54, 1.807) is 35.3 Å². The van der Waals surface area contributed by atoms with Gasteiger partial charge in [0.25, 0.3) is 0 Å². The summed E-state index contributed by atoms with van der Waals surface area (Å²) >= 11 is 3.19. The number of carbonyl (C=O) groups is 2. The fourth-order valence-electron chi connectivity index (χ4n) is 2.87. The molecule has 0 radical (unpaired) electrons. The molecule has 0 saturated carbocycles. The fraction of sp³-hybridized carbons (Fsp3) is 0.353. The van der Waals surface area contributed by atoms with Gasteiger partial charge in [0.05, 0.1) is 24.4 Å². The molecule has 2 heterocycles. The van der Waals surface area contributed by atoms with Gasteiger partial charge in [-0.3, -0.25) is 9.69 Å². The molecule has 0 N–H and O–H groups in total. The van der Waals surface area contributed by atoms with Crippen molar-refractivity contribution < 1.29 is 14.3 Å². The Morgan fingerprint density at radius 3 is 2.71 bits per heavy atom. The van der Waals surface area contributed by atoms with Gasteiger partial charge in [-0.05, 0) is 30.9 Å². The van der Waals surface area contributed by atoms with Crippen molar-refractivity contribution in [2.45, 2.75) is 24.3 Å². The van der Waals surface area contributed by atoms with E-state index < -0.39 is 12.0 Å². The van der Waals surface area contributed by atoms with E-state index in [-0.39, 0.29) is 5.91 Å². The molecule has 3 rings (SSSR count). The number of methoxy groups -OCH3 is 1. The fourth-order valence-corrected chi connectivity index (χ4v) is 4.28. The van der Waals surface area contributed by atoms with Crippen LogP contribution in [0.4, 0.5) is 0 Å². The van der Waals surface area contributed by atoms with E-state index in [9.17, 15) is 9.59 Å². The number of thioether (sulfide) groups is 2. The summed E-state index contributed by atoms with van der Waals surface area (Å²) in [5.74, 6) is 0.255. The first kappa shape index (κ1) is 17.1. The summed E-state index contributed by atoms with van der Waals surface area (Å²) < 4.78 is 4.96. The minimum absolute atomic E-state index is 0.0136. The average molecular weight is 362 g/mol. The molecule has 1 fully saturated rings. The predicted molar refractivity (Wildman–Crippen MR) is 97.0 cm³/mol. The molecular formula is C17H18N2O3S2. The van der Waals surface area contributed by atoms with Crippen molar-refractivity contribution in [1.82, 2.24) is 4.90 Å². The molecule has 0 spiro atoms. The monoisotopic (exact) mass is 362 g/mol. The van der Waals surface area contributed by atoms with Gasteiger partial charge in [-0.15, -0.1) is 11.8 Å². The van der Waals surface area contributed by atoms with Gasteiger partial charge < -0.3 is 4.74 Å². The second kappa shape index (κ2) is 7.03. The quantitative estimate of drug-likeness (QED) is 0.610. The molecule has 0 aliphatic carbocycles. The van der Waals surface area contributed by atoms with Crippen molar-refractivity contribution in [1.29, 1.82) is 0 Å². The summed E-state index contributed by atoms with van der Waals surface area (Å²) in [5.41, 5.74) is 1.92. The SMILES string of the molecule is COC(=O)C1=C(C)N=C2SCCC(=O)N2C1c1ccc(SC)cc1. The topological polar surface area (TPSA) is 59.0 Å². The number of rotatable bonds is 3. The molecule has 7 heteroatoms. The number of amidine groups is 1. The number of hydrogen-bond donors (Lipinski definition) is 0. The maximum absolute atomic E-state index is 12.6. The zero-order valence-corrected chi connectivity index (χ0v) is 15.4. The smallest absolute Gasteiger partial charge is 0.338 e. The molecule has 1 saturated heterocycles. The average Bonchev–Trinajstić information content (AvgIpc) is 2.60. The summed E-state index contributed by atoms with van der Waals surface area (Å²) in [6.07, 6.45) is 2.45. The number of hydrogen-bond acceptors (Lipinski definition) is 6. The number of allylic oxidation sites excluding steroid dienone is 1. The van der Waals surface area contributed by atoms with Gasteiger partial charge in [0.1, 0.15) is 0 Å². The van der Waals surface area contributed by atoms with Gasteiger partial charge in [0.2, 0.25) is 5.91 Å². The number of aliphatic imine (C=N–C) groups is 1. The number of fused-ring (bicyclic) bond motifs is 1. The second-order valence-electron chi connectivity index (χ2n) is 5.42. The van der Waals surface area contributed by atoms with Crippen LogP contribution in [0.5, 0.6) is 0 Å². The maximum Gasteiger partial charge on any atom is 0.338 e. The highest BCUT2D eigenvalue weighted by molar-refractivity contribution is 8.14. The standard InChI is InChI=1S/C17H18N2O3S2/c1-10-14(16(21)22-2)15(11-4-6-12(23-3)7-5-11)19-13(20)8-9-24-17(19)18-10/h4-7,15H,8-9H2,1-3H3. The normalized spacial score (nSPS) is 20.6. The van der Waals surface area contributed by atoms with Crippen molar-refractivity contribution in [3.05, 3.63) is 41.1 Å². The summed E-state index contributed by atoms with van der Waals surface area (Å²) in [6.45, 7) is 1.79. The highest BCUT2D eigenvalue weighted by atomic mass is 32.2. The zero-order valence-electron chi connectivity index (χ0n) is 13.7. The van der Waals surface area contributed by atoms with Crippen LogP contribution in [-0.2, 0) is 14.3 Å². The number of benzene rings is 1. The largest absolute Gasteiger partial charge is 0.466 e. The number of amides is 1. The van der Waals surface area contributed by atoms with Crippen LogP contribution in [0.25, 0.3) is 0 Å². The number of esters is 1. The van der Waals surface area contributed by atoms with E-state index in [4.69, 9.17) is 4.74 Å². The second-order valence-corrected chi connectivity index (χ2v) is 7.36.